The fourth-order valence-electron chi connectivity index (χ4n) is 3.58. The Morgan fingerprint density at radius 3 is 3.00 bits per heavy atom. The normalized spacial score (nSPS) is 24.6. The number of nitrogens with one attached hydrogen (secondary N) is 1. The maximum absolute atomic E-state index is 6.03. The van der Waals surface area contributed by atoms with Gasteiger partial charge in [-0.3, -0.25) is 5.10 Å². The van der Waals surface area contributed by atoms with Crippen LogP contribution in [0.1, 0.15) is 30.4 Å². The van der Waals surface area contributed by atoms with Gasteiger partial charge in [0, 0.05) is 30.3 Å². The van der Waals surface area contributed by atoms with Crippen molar-refractivity contribution in [3.05, 3.63) is 35.4 Å². The molecule has 1 aromatic carbocycles. The number of benzene rings is 1. The minimum Gasteiger partial charge on any atom is -0.353 e. The molecule has 0 spiro atoms. The molecular formula is C16H20N4. The highest BCUT2D eigenvalue weighted by Crippen LogP contribution is 2.42. The van der Waals surface area contributed by atoms with Crippen LogP contribution in [-0.4, -0.2) is 29.3 Å². The molecule has 4 nitrogen and oxygen atoms in total. The highest BCUT2D eigenvalue weighted by Gasteiger charge is 2.30. The van der Waals surface area contributed by atoms with Crippen LogP contribution >= 0.6 is 0 Å². The van der Waals surface area contributed by atoms with Crippen molar-refractivity contribution in [1.82, 2.24) is 10.2 Å². The topological polar surface area (TPSA) is 57.9 Å². The van der Waals surface area contributed by atoms with Crippen LogP contribution < -0.4 is 10.6 Å². The summed E-state index contributed by atoms with van der Waals surface area (Å²) < 4.78 is 0. The van der Waals surface area contributed by atoms with Crippen molar-refractivity contribution < 1.29 is 0 Å². The Morgan fingerprint density at radius 1 is 1.35 bits per heavy atom. The van der Waals surface area contributed by atoms with E-state index in [-0.39, 0.29) is 6.04 Å². The fourth-order valence-corrected chi connectivity index (χ4v) is 3.58. The average Bonchev–Trinajstić information content (AvgIpc) is 3.05. The summed E-state index contributed by atoms with van der Waals surface area (Å²) in [5.41, 5.74) is 11.3. The zero-order valence-electron chi connectivity index (χ0n) is 11.8. The number of nitrogens with zero attached hydrogens (tertiary/aromatic N) is 2. The third kappa shape index (κ3) is 1.68. The van der Waals surface area contributed by atoms with Crippen LogP contribution in [0, 0.1) is 0 Å². The molecule has 2 atom stereocenters. The van der Waals surface area contributed by atoms with Crippen LogP contribution in [0.15, 0.2) is 24.3 Å². The summed E-state index contributed by atoms with van der Waals surface area (Å²) >= 11 is 0. The average molecular weight is 268 g/mol. The molecule has 0 radical (unpaired) electrons. The molecule has 1 fully saturated rings. The van der Waals surface area contributed by atoms with Gasteiger partial charge in [0.2, 0.25) is 0 Å². The summed E-state index contributed by atoms with van der Waals surface area (Å²) in [5, 5.41) is 7.86. The first kappa shape index (κ1) is 12.0. The lowest BCUT2D eigenvalue weighted by atomic mass is 9.82. The van der Waals surface area contributed by atoms with Gasteiger partial charge in [-0.25, -0.2) is 0 Å². The molecular weight excluding hydrogens is 248 g/mol. The van der Waals surface area contributed by atoms with Gasteiger partial charge >= 0.3 is 0 Å². The van der Waals surface area contributed by atoms with Gasteiger partial charge in [0.05, 0.1) is 5.69 Å². The molecule has 2 unspecified atom stereocenters. The van der Waals surface area contributed by atoms with Crippen molar-refractivity contribution in [3.8, 4) is 11.3 Å². The minimum atomic E-state index is 0.288. The second-order valence-corrected chi connectivity index (χ2v) is 6.09. The van der Waals surface area contributed by atoms with E-state index < -0.39 is 0 Å². The monoisotopic (exact) mass is 268 g/mol. The lowest BCUT2D eigenvalue weighted by Gasteiger charge is -2.24. The van der Waals surface area contributed by atoms with E-state index in [0.29, 0.717) is 5.92 Å². The molecule has 4 rings (SSSR count). The molecule has 2 aromatic rings. The molecule has 104 valence electrons. The molecule has 2 heterocycles. The first-order chi connectivity index (χ1) is 9.74. The second kappa shape index (κ2) is 4.35. The van der Waals surface area contributed by atoms with Gasteiger partial charge in [-0.2, -0.15) is 5.10 Å². The SMILES string of the molecule is CC1Cc2c(N3CCC(N)C3)n[nH]c2-c2ccccc21. The van der Waals surface area contributed by atoms with Crippen molar-refractivity contribution in [2.24, 2.45) is 5.73 Å². The molecule has 0 saturated carbocycles. The number of anilines is 1. The first-order valence-electron chi connectivity index (χ1n) is 7.41. The number of H-pyrrole nitrogens is 1. The van der Waals surface area contributed by atoms with E-state index in [0.717, 1.165) is 31.7 Å². The Morgan fingerprint density at radius 2 is 2.20 bits per heavy atom. The number of hydrogen-bond donors (Lipinski definition) is 2. The molecule has 3 N–H and O–H groups in total. The van der Waals surface area contributed by atoms with Gasteiger partial charge in [-0.05, 0) is 24.3 Å². The summed E-state index contributed by atoms with van der Waals surface area (Å²) in [4.78, 5) is 2.33. The summed E-state index contributed by atoms with van der Waals surface area (Å²) in [5.74, 6) is 1.67. The second-order valence-electron chi connectivity index (χ2n) is 6.09. The molecule has 1 aliphatic carbocycles. The van der Waals surface area contributed by atoms with Crippen molar-refractivity contribution in [3.63, 3.8) is 0 Å². The zero-order chi connectivity index (χ0) is 13.7. The van der Waals surface area contributed by atoms with Crippen LogP contribution in [0.3, 0.4) is 0 Å². The maximum Gasteiger partial charge on any atom is 0.154 e. The molecule has 4 heteroatoms. The predicted octanol–water partition coefficient (Wildman–Crippen LogP) is 2.27. The standard InChI is InChI=1S/C16H20N4/c1-10-8-14-15(13-5-3-2-4-12(10)13)18-19-16(14)20-7-6-11(17)9-20/h2-5,10-11H,6-9,17H2,1H3,(H,18,19). The van der Waals surface area contributed by atoms with E-state index in [2.05, 4.69) is 46.3 Å². The quantitative estimate of drug-likeness (QED) is 0.834. The molecule has 0 bridgehead atoms. The summed E-state index contributed by atoms with van der Waals surface area (Å²) in [6.07, 6.45) is 2.12. The van der Waals surface area contributed by atoms with E-state index in [1.54, 1.807) is 0 Å². The van der Waals surface area contributed by atoms with Gasteiger partial charge in [0.1, 0.15) is 0 Å². The molecule has 1 saturated heterocycles. The van der Waals surface area contributed by atoms with Gasteiger partial charge in [0.15, 0.2) is 5.82 Å². The fraction of sp³-hybridized carbons (Fsp3) is 0.438. The van der Waals surface area contributed by atoms with E-state index in [4.69, 9.17) is 5.73 Å². The lowest BCUT2D eigenvalue weighted by molar-refractivity contribution is 0.740. The first-order valence-corrected chi connectivity index (χ1v) is 7.41. The third-order valence-corrected chi connectivity index (χ3v) is 4.64. The van der Waals surface area contributed by atoms with Crippen LogP contribution in [0.5, 0.6) is 0 Å². The summed E-state index contributed by atoms with van der Waals surface area (Å²) in [6, 6.07) is 8.94. The number of aromatic nitrogens is 2. The van der Waals surface area contributed by atoms with Crippen molar-refractivity contribution in [2.75, 3.05) is 18.0 Å². The highest BCUT2D eigenvalue weighted by molar-refractivity contribution is 5.75. The lowest BCUT2D eigenvalue weighted by Crippen LogP contribution is -2.27. The highest BCUT2D eigenvalue weighted by atomic mass is 15.3. The van der Waals surface area contributed by atoms with Gasteiger partial charge < -0.3 is 10.6 Å². The van der Waals surface area contributed by atoms with Crippen LogP contribution in [-0.2, 0) is 6.42 Å². The van der Waals surface area contributed by atoms with Gasteiger partial charge in [0.25, 0.3) is 0 Å². The van der Waals surface area contributed by atoms with Crippen LogP contribution in [0.2, 0.25) is 0 Å². The molecule has 1 aromatic heterocycles. The Labute approximate surface area is 119 Å². The number of fused-ring (bicyclic) bond motifs is 3. The summed E-state index contributed by atoms with van der Waals surface area (Å²) in [6.45, 7) is 4.25. The Hall–Kier alpha value is -1.81. The van der Waals surface area contributed by atoms with Crippen molar-refractivity contribution in [2.45, 2.75) is 31.7 Å². The number of hydrogen-bond acceptors (Lipinski definition) is 3. The molecule has 0 amide bonds. The Kier molecular flexibility index (Phi) is 2.60. The van der Waals surface area contributed by atoms with Crippen LogP contribution in [0.25, 0.3) is 11.3 Å². The third-order valence-electron chi connectivity index (χ3n) is 4.64. The van der Waals surface area contributed by atoms with Gasteiger partial charge in [-0.1, -0.05) is 31.2 Å². The van der Waals surface area contributed by atoms with E-state index in [1.165, 1.54) is 22.4 Å². The van der Waals surface area contributed by atoms with Crippen molar-refractivity contribution in [1.29, 1.82) is 0 Å². The maximum atomic E-state index is 6.03. The number of nitrogens with two attached hydrogens (primary N) is 1. The van der Waals surface area contributed by atoms with E-state index >= 15 is 0 Å². The Balaban J connectivity index is 1.80. The number of rotatable bonds is 1. The van der Waals surface area contributed by atoms with Gasteiger partial charge in [-0.15, -0.1) is 0 Å². The molecule has 20 heavy (non-hydrogen) atoms. The zero-order valence-corrected chi connectivity index (χ0v) is 11.8. The largest absolute Gasteiger partial charge is 0.353 e. The number of aromatic amines is 1. The molecule has 1 aliphatic heterocycles. The van der Waals surface area contributed by atoms with E-state index in [9.17, 15) is 0 Å². The van der Waals surface area contributed by atoms with E-state index in [1.807, 2.05) is 0 Å². The minimum absolute atomic E-state index is 0.288. The predicted molar refractivity (Wildman–Crippen MR) is 80.9 cm³/mol. The van der Waals surface area contributed by atoms with Crippen LogP contribution in [0.4, 0.5) is 5.82 Å². The molecule has 2 aliphatic rings. The summed E-state index contributed by atoms with van der Waals surface area (Å²) in [7, 11) is 0. The Bertz CT molecular complexity index is 646. The van der Waals surface area contributed by atoms with Crippen molar-refractivity contribution >= 4 is 5.82 Å². The smallest absolute Gasteiger partial charge is 0.154 e.